The fourth-order valence-electron chi connectivity index (χ4n) is 3.15. The van der Waals surface area contributed by atoms with E-state index in [1.165, 1.54) is 51.7 Å². The van der Waals surface area contributed by atoms with Crippen LogP contribution in [0.1, 0.15) is 45.4 Å². The summed E-state index contributed by atoms with van der Waals surface area (Å²) in [7, 11) is 0. The molecule has 2 aliphatic rings. The highest BCUT2D eigenvalue weighted by molar-refractivity contribution is 5.78. The SMILES string of the molecule is CCCC1CCN(CC2(CC(=N)N)CC2)C1. The summed E-state index contributed by atoms with van der Waals surface area (Å²) in [5, 5.41) is 7.43. The molecule has 0 bridgehead atoms. The number of rotatable bonds is 6. The Morgan fingerprint density at radius 1 is 1.50 bits per heavy atom. The second-order valence-corrected chi connectivity index (χ2v) is 5.88. The lowest BCUT2D eigenvalue weighted by atomic mass is 10.0. The van der Waals surface area contributed by atoms with Gasteiger partial charge < -0.3 is 10.6 Å². The molecule has 16 heavy (non-hydrogen) atoms. The van der Waals surface area contributed by atoms with Crippen molar-refractivity contribution in [3.8, 4) is 0 Å². The Labute approximate surface area is 98.9 Å². The minimum atomic E-state index is 0.377. The second kappa shape index (κ2) is 4.74. The Morgan fingerprint density at radius 3 is 2.81 bits per heavy atom. The van der Waals surface area contributed by atoms with Crippen LogP contribution in [0, 0.1) is 16.7 Å². The number of nitrogens with zero attached hydrogens (tertiary/aromatic N) is 1. The van der Waals surface area contributed by atoms with Crippen LogP contribution < -0.4 is 5.73 Å². The predicted molar refractivity (Wildman–Crippen MR) is 67.7 cm³/mol. The smallest absolute Gasteiger partial charge is 0.0911 e. The highest BCUT2D eigenvalue weighted by Gasteiger charge is 2.44. The van der Waals surface area contributed by atoms with E-state index in [9.17, 15) is 0 Å². The van der Waals surface area contributed by atoms with Gasteiger partial charge >= 0.3 is 0 Å². The third-order valence-electron chi connectivity index (χ3n) is 4.15. The van der Waals surface area contributed by atoms with Crippen LogP contribution in [0.3, 0.4) is 0 Å². The number of hydrogen-bond acceptors (Lipinski definition) is 2. The van der Waals surface area contributed by atoms with Crippen molar-refractivity contribution in [2.45, 2.75) is 45.4 Å². The van der Waals surface area contributed by atoms with E-state index in [-0.39, 0.29) is 0 Å². The highest BCUT2D eigenvalue weighted by atomic mass is 15.2. The standard InChI is InChI=1S/C13H25N3/c1-2-3-11-4-7-16(9-11)10-13(5-6-13)8-12(14)15/h11H,2-10H2,1H3,(H3,14,15). The molecule has 0 aromatic carbocycles. The lowest BCUT2D eigenvalue weighted by Crippen LogP contribution is -2.31. The van der Waals surface area contributed by atoms with Gasteiger partial charge in [-0.15, -0.1) is 0 Å². The van der Waals surface area contributed by atoms with Crippen molar-refractivity contribution < 1.29 is 0 Å². The second-order valence-electron chi connectivity index (χ2n) is 5.88. The van der Waals surface area contributed by atoms with Gasteiger partial charge in [-0.1, -0.05) is 13.3 Å². The van der Waals surface area contributed by atoms with Gasteiger partial charge in [0.15, 0.2) is 0 Å². The van der Waals surface area contributed by atoms with Crippen molar-refractivity contribution in [1.29, 1.82) is 5.41 Å². The number of nitrogens with one attached hydrogen (secondary N) is 1. The lowest BCUT2D eigenvalue weighted by molar-refractivity contribution is 0.257. The van der Waals surface area contributed by atoms with Crippen LogP contribution in [0.2, 0.25) is 0 Å². The molecule has 1 saturated carbocycles. The number of nitrogens with two attached hydrogens (primary N) is 1. The molecule has 1 heterocycles. The van der Waals surface area contributed by atoms with Crippen molar-refractivity contribution in [2.75, 3.05) is 19.6 Å². The summed E-state index contributed by atoms with van der Waals surface area (Å²) in [5.41, 5.74) is 5.93. The maximum Gasteiger partial charge on any atom is 0.0911 e. The molecule has 2 fully saturated rings. The zero-order valence-corrected chi connectivity index (χ0v) is 10.5. The Kier molecular flexibility index (Phi) is 3.53. The van der Waals surface area contributed by atoms with Crippen molar-refractivity contribution >= 4 is 5.84 Å². The molecule has 3 heteroatoms. The molecule has 1 atom stereocenters. The topological polar surface area (TPSA) is 53.1 Å². The van der Waals surface area contributed by atoms with E-state index in [2.05, 4.69) is 11.8 Å². The summed E-state index contributed by atoms with van der Waals surface area (Å²) in [4.78, 5) is 2.61. The summed E-state index contributed by atoms with van der Waals surface area (Å²) >= 11 is 0. The summed E-state index contributed by atoms with van der Waals surface area (Å²) < 4.78 is 0. The predicted octanol–water partition coefficient (Wildman–Crippen LogP) is 2.21. The first-order valence-corrected chi connectivity index (χ1v) is 6.69. The molecule has 0 radical (unpaired) electrons. The molecule has 1 saturated heterocycles. The Hall–Kier alpha value is -0.570. The molecular weight excluding hydrogens is 198 g/mol. The minimum Gasteiger partial charge on any atom is -0.388 e. The molecule has 1 aliphatic carbocycles. The number of hydrogen-bond donors (Lipinski definition) is 2. The van der Waals surface area contributed by atoms with Crippen molar-refractivity contribution in [1.82, 2.24) is 4.90 Å². The van der Waals surface area contributed by atoms with Gasteiger partial charge in [0.25, 0.3) is 0 Å². The van der Waals surface area contributed by atoms with Crippen LogP contribution in [0.15, 0.2) is 0 Å². The van der Waals surface area contributed by atoms with Crippen LogP contribution in [0.25, 0.3) is 0 Å². The molecule has 3 nitrogen and oxygen atoms in total. The third-order valence-corrected chi connectivity index (χ3v) is 4.15. The van der Waals surface area contributed by atoms with Crippen LogP contribution >= 0.6 is 0 Å². The summed E-state index contributed by atoms with van der Waals surface area (Å²) in [5.74, 6) is 1.31. The molecule has 1 unspecified atom stereocenters. The van der Waals surface area contributed by atoms with E-state index in [0.717, 1.165) is 12.3 Å². The van der Waals surface area contributed by atoms with E-state index in [0.29, 0.717) is 11.3 Å². The highest BCUT2D eigenvalue weighted by Crippen LogP contribution is 2.49. The van der Waals surface area contributed by atoms with E-state index >= 15 is 0 Å². The molecule has 1 aliphatic heterocycles. The van der Waals surface area contributed by atoms with Crippen molar-refractivity contribution in [3.05, 3.63) is 0 Å². The molecule has 3 N–H and O–H groups in total. The average molecular weight is 223 g/mol. The maximum absolute atomic E-state index is 7.43. The number of likely N-dealkylation sites (tertiary alicyclic amines) is 1. The Morgan fingerprint density at radius 2 is 2.25 bits per heavy atom. The van der Waals surface area contributed by atoms with E-state index in [4.69, 9.17) is 11.1 Å². The van der Waals surface area contributed by atoms with Gasteiger partial charge in [-0.25, -0.2) is 0 Å². The Balaban J connectivity index is 1.76. The van der Waals surface area contributed by atoms with Crippen LogP contribution in [-0.4, -0.2) is 30.4 Å². The fraction of sp³-hybridized carbons (Fsp3) is 0.923. The summed E-state index contributed by atoms with van der Waals surface area (Å²) in [6, 6.07) is 0. The van der Waals surface area contributed by atoms with Crippen molar-refractivity contribution in [2.24, 2.45) is 17.1 Å². The molecule has 0 aromatic rings. The minimum absolute atomic E-state index is 0.377. The van der Waals surface area contributed by atoms with Gasteiger partial charge in [0.2, 0.25) is 0 Å². The van der Waals surface area contributed by atoms with Gasteiger partial charge in [-0.2, -0.15) is 0 Å². The summed E-state index contributed by atoms with van der Waals surface area (Å²) in [6.45, 7) is 6.02. The number of amidine groups is 1. The lowest BCUT2D eigenvalue weighted by Gasteiger charge is -2.23. The van der Waals surface area contributed by atoms with E-state index < -0.39 is 0 Å². The van der Waals surface area contributed by atoms with Gasteiger partial charge in [0.1, 0.15) is 0 Å². The zero-order chi connectivity index (χ0) is 11.6. The fourth-order valence-corrected chi connectivity index (χ4v) is 3.15. The molecule has 92 valence electrons. The first kappa shape index (κ1) is 11.9. The van der Waals surface area contributed by atoms with E-state index in [1.54, 1.807) is 0 Å². The third kappa shape index (κ3) is 2.97. The maximum atomic E-state index is 7.43. The molecule has 0 amide bonds. The Bertz CT molecular complexity index is 258. The van der Waals surface area contributed by atoms with Crippen LogP contribution in [-0.2, 0) is 0 Å². The van der Waals surface area contributed by atoms with Gasteiger partial charge in [0.05, 0.1) is 5.84 Å². The van der Waals surface area contributed by atoms with Gasteiger partial charge in [0, 0.05) is 19.5 Å². The van der Waals surface area contributed by atoms with Crippen LogP contribution in [0.5, 0.6) is 0 Å². The quantitative estimate of drug-likeness (QED) is 0.536. The normalized spacial score (nSPS) is 28.2. The molecular formula is C13H25N3. The first-order valence-electron chi connectivity index (χ1n) is 6.69. The molecule has 2 rings (SSSR count). The zero-order valence-electron chi connectivity index (χ0n) is 10.5. The molecule has 0 aromatic heterocycles. The van der Waals surface area contributed by atoms with E-state index in [1.807, 2.05) is 0 Å². The van der Waals surface area contributed by atoms with Crippen LogP contribution in [0.4, 0.5) is 0 Å². The molecule has 0 spiro atoms. The monoisotopic (exact) mass is 223 g/mol. The summed E-state index contributed by atoms with van der Waals surface area (Å²) in [6.07, 6.45) is 7.46. The van der Waals surface area contributed by atoms with Crippen molar-refractivity contribution in [3.63, 3.8) is 0 Å². The van der Waals surface area contributed by atoms with Gasteiger partial charge in [-0.3, -0.25) is 5.41 Å². The first-order chi connectivity index (χ1) is 7.63. The average Bonchev–Trinajstić information content (AvgIpc) is 2.77. The largest absolute Gasteiger partial charge is 0.388 e. The van der Waals surface area contributed by atoms with Gasteiger partial charge in [-0.05, 0) is 43.6 Å².